The van der Waals surface area contributed by atoms with Gasteiger partial charge in [0.05, 0.1) is 22.2 Å². The van der Waals surface area contributed by atoms with Crippen LogP contribution in [0.3, 0.4) is 0 Å². The van der Waals surface area contributed by atoms with Crippen molar-refractivity contribution in [3.8, 4) is 0 Å². The normalized spacial score (nSPS) is 22.0. The molecule has 1 atom stereocenters. The van der Waals surface area contributed by atoms with Gasteiger partial charge in [0.1, 0.15) is 0 Å². The molecule has 0 radical (unpaired) electrons. The molecule has 1 fully saturated rings. The van der Waals surface area contributed by atoms with E-state index in [-0.39, 0.29) is 17.7 Å². The first kappa shape index (κ1) is 17.2. The molecule has 136 valence electrons. The van der Waals surface area contributed by atoms with Gasteiger partial charge in [-0.3, -0.25) is 14.4 Å². The lowest BCUT2D eigenvalue weighted by atomic mass is 9.71. The van der Waals surface area contributed by atoms with Gasteiger partial charge >= 0.3 is 0 Å². The highest BCUT2D eigenvalue weighted by Crippen LogP contribution is 2.38. The van der Waals surface area contributed by atoms with Crippen molar-refractivity contribution in [1.29, 1.82) is 0 Å². The zero-order valence-corrected chi connectivity index (χ0v) is 15.1. The number of hydrogen-bond donors (Lipinski definition) is 1. The minimum absolute atomic E-state index is 0.0465. The highest BCUT2D eigenvalue weighted by atomic mass is 16.2. The molecule has 0 bridgehead atoms. The number of carbonyl (C=O) groups excluding carboxylic acids is 3. The summed E-state index contributed by atoms with van der Waals surface area (Å²) in [4.78, 5) is 39.1. The van der Waals surface area contributed by atoms with Crippen molar-refractivity contribution in [3.63, 3.8) is 0 Å². The van der Waals surface area contributed by atoms with Crippen LogP contribution in [0.1, 0.15) is 52.5 Å². The molecule has 0 aromatic heterocycles. The van der Waals surface area contributed by atoms with Crippen molar-refractivity contribution in [2.75, 3.05) is 4.90 Å². The number of fused-ring (bicyclic) bond motifs is 1. The minimum atomic E-state index is -0.609. The third kappa shape index (κ3) is 2.50. The number of imide groups is 1. The summed E-state index contributed by atoms with van der Waals surface area (Å²) < 4.78 is 0. The zero-order chi connectivity index (χ0) is 19.2. The maximum absolute atomic E-state index is 12.7. The van der Waals surface area contributed by atoms with Crippen LogP contribution in [-0.4, -0.2) is 17.7 Å². The van der Waals surface area contributed by atoms with Gasteiger partial charge in [0, 0.05) is 5.70 Å². The lowest BCUT2D eigenvalue weighted by Gasteiger charge is -2.36. The Hall–Kier alpha value is -3.21. The summed E-state index contributed by atoms with van der Waals surface area (Å²) in [5.74, 6) is -0.685. The summed E-state index contributed by atoms with van der Waals surface area (Å²) in [5, 5.41) is 2.86. The molecule has 0 aliphatic carbocycles. The number of nitrogens with one attached hydrogen (secondary N) is 1. The summed E-state index contributed by atoms with van der Waals surface area (Å²) in [6.07, 6.45) is 2.10. The second kappa shape index (κ2) is 6.20. The van der Waals surface area contributed by atoms with Crippen molar-refractivity contribution in [1.82, 2.24) is 5.32 Å². The van der Waals surface area contributed by atoms with E-state index in [0.29, 0.717) is 29.7 Å². The summed E-state index contributed by atoms with van der Waals surface area (Å²) in [7, 11) is 0. The first-order valence-electron chi connectivity index (χ1n) is 9.05. The van der Waals surface area contributed by atoms with Crippen molar-refractivity contribution < 1.29 is 14.4 Å². The molecule has 4 rings (SSSR count). The molecule has 1 saturated heterocycles. The Morgan fingerprint density at radius 2 is 1.59 bits per heavy atom. The molecule has 27 heavy (non-hydrogen) atoms. The summed E-state index contributed by atoms with van der Waals surface area (Å²) in [6, 6.07) is 14.0. The molecule has 5 nitrogen and oxygen atoms in total. The van der Waals surface area contributed by atoms with E-state index >= 15 is 0 Å². The Balaban J connectivity index is 1.67. The molecule has 2 heterocycles. The molecule has 2 aliphatic heterocycles. The summed E-state index contributed by atoms with van der Waals surface area (Å²) in [5.41, 5.74) is 2.37. The third-order valence-electron chi connectivity index (χ3n) is 5.65. The lowest BCUT2D eigenvalue weighted by Crippen LogP contribution is -2.47. The number of allylic oxidation sites excluding steroid dienone is 1. The number of anilines is 1. The van der Waals surface area contributed by atoms with Gasteiger partial charge in [-0.2, -0.15) is 0 Å². The van der Waals surface area contributed by atoms with Crippen LogP contribution in [0.4, 0.5) is 5.69 Å². The smallest absolute Gasteiger partial charge is 0.266 e. The van der Waals surface area contributed by atoms with Gasteiger partial charge in [0.25, 0.3) is 11.8 Å². The van der Waals surface area contributed by atoms with Gasteiger partial charge in [0.15, 0.2) is 0 Å². The van der Waals surface area contributed by atoms with Crippen molar-refractivity contribution in [3.05, 3.63) is 77.5 Å². The van der Waals surface area contributed by atoms with Crippen LogP contribution in [0, 0.1) is 0 Å². The number of carbonyl (C=O) groups is 3. The van der Waals surface area contributed by atoms with Gasteiger partial charge in [-0.15, -0.1) is 0 Å². The lowest BCUT2D eigenvalue weighted by molar-refractivity contribution is -0.127. The monoisotopic (exact) mass is 360 g/mol. The number of piperidine rings is 1. The van der Waals surface area contributed by atoms with E-state index in [2.05, 4.69) is 11.9 Å². The number of amides is 3. The average molecular weight is 360 g/mol. The Bertz CT molecular complexity index is 942. The Morgan fingerprint density at radius 1 is 1.00 bits per heavy atom. The molecule has 5 heteroatoms. The van der Waals surface area contributed by atoms with E-state index < -0.39 is 5.41 Å². The molecule has 0 unspecified atom stereocenters. The summed E-state index contributed by atoms with van der Waals surface area (Å²) in [6.45, 7) is 5.84. The number of benzene rings is 2. The van der Waals surface area contributed by atoms with Crippen LogP contribution in [0.2, 0.25) is 0 Å². The van der Waals surface area contributed by atoms with E-state index in [1.807, 2.05) is 19.1 Å². The quantitative estimate of drug-likeness (QED) is 0.851. The van der Waals surface area contributed by atoms with Gasteiger partial charge in [-0.05, 0) is 49.1 Å². The zero-order valence-electron chi connectivity index (χ0n) is 15.1. The number of rotatable bonds is 3. The minimum Gasteiger partial charge on any atom is -0.330 e. The van der Waals surface area contributed by atoms with Gasteiger partial charge in [0.2, 0.25) is 5.91 Å². The van der Waals surface area contributed by atoms with Crippen LogP contribution in [0.25, 0.3) is 0 Å². The first-order valence-corrected chi connectivity index (χ1v) is 9.05. The fourth-order valence-corrected chi connectivity index (χ4v) is 3.99. The van der Waals surface area contributed by atoms with Crippen molar-refractivity contribution in [2.45, 2.75) is 31.6 Å². The van der Waals surface area contributed by atoms with Crippen molar-refractivity contribution >= 4 is 23.4 Å². The highest BCUT2D eigenvalue weighted by molar-refractivity contribution is 6.34. The third-order valence-corrected chi connectivity index (χ3v) is 5.65. The second-order valence-corrected chi connectivity index (χ2v) is 7.03. The Kier molecular flexibility index (Phi) is 3.95. The summed E-state index contributed by atoms with van der Waals surface area (Å²) >= 11 is 0. The molecular weight excluding hydrogens is 340 g/mol. The molecule has 2 aliphatic rings. The van der Waals surface area contributed by atoms with Crippen LogP contribution in [-0.2, 0) is 10.2 Å². The maximum atomic E-state index is 12.7. The average Bonchev–Trinajstić information content (AvgIpc) is 2.94. The molecule has 1 N–H and O–H groups in total. The van der Waals surface area contributed by atoms with E-state index in [1.54, 1.807) is 36.4 Å². The van der Waals surface area contributed by atoms with Gasteiger partial charge in [-0.25, -0.2) is 4.90 Å². The van der Waals surface area contributed by atoms with Gasteiger partial charge < -0.3 is 5.32 Å². The Labute approximate surface area is 157 Å². The first-order chi connectivity index (χ1) is 13.0. The van der Waals surface area contributed by atoms with E-state index in [1.165, 1.54) is 4.90 Å². The largest absolute Gasteiger partial charge is 0.330 e. The second-order valence-electron chi connectivity index (χ2n) is 7.03. The highest BCUT2D eigenvalue weighted by Gasteiger charge is 2.42. The fraction of sp³-hybridized carbons (Fsp3) is 0.227. The predicted molar refractivity (Wildman–Crippen MR) is 103 cm³/mol. The topological polar surface area (TPSA) is 66.5 Å². The van der Waals surface area contributed by atoms with Gasteiger partial charge in [-0.1, -0.05) is 37.8 Å². The Morgan fingerprint density at radius 3 is 2.11 bits per heavy atom. The molecule has 3 amide bonds. The molecule has 0 saturated carbocycles. The van der Waals surface area contributed by atoms with E-state index in [0.717, 1.165) is 17.7 Å². The predicted octanol–water partition coefficient (Wildman–Crippen LogP) is 3.56. The maximum Gasteiger partial charge on any atom is 0.266 e. The van der Waals surface area contributed by atoms with Crippen LogP contribution in [0.5, 0.6) is 0 Å². The van der Waals surface area contributed by atoms with E-state index in [4.69, 9.17) is 0 Å². The standard InChI is InChI=1S/C22H20N2O3/c1-3-22(13-12-14(2)23-21(22)27)15-8-10-16(11-9-15)24-19(25)17-6-4-5-7-18(17)20(24)26/h4-11H,2-3,12-13H2,1H3,(H,23,27)/t22-/m1/s1. The molecule has 2 aromatic rings. The molecule has 0 spiro atoms. The van der Waals surface area contributed by atoms with E-state index in [9.17, 15) is 14.4 Å². The molecule has 2 aromatic carbocycles. The fourth-order valence-electron chi connectivity index (χ4n) is 3.99. The van der Waals surface area contributed by atoms with Crippen LogP contribution >= 0.6 is 0 Å². The van der Waals surface area contributed by atoms with Crippen molar-refractivity contribution in [2.24, 2.45) is 0 Å². The number of nitrogens with zero attached hydrogens (tertiary/aromatic N) is 1. The SMILES string of the molecule is C=C1CC[C@](CC)(c2ccc(N3C(=O)c4ccccc4C3=O)cc2)C(=O)N1. The van der Waals surface area contributed by atoms with Crippen LogP contribution in [0.15, 0.2) is 60.8 Å². The van der Waals surface area contributed by atoms with Crippen LogP contribution < -0.4 is 10.2 Å². The molecular formula is C22H20N2O3. The number of hydrogen-bond acceptors (Lipinski definition) is 3.